The molecule has 0 radical (unpaired) electrons. The summed E-state index contributed by atoms with van der Waals surface area (Å²) in [6, 6.07) is 6.88. The quantitative estimate of drug-likeness (QED) is 0.743. The Morgan fingerprint density at radius 3 is 2.40 bits per heavy atom. The molecule has 3 fully saturated rings. The smallest absolute Gasteiger partial charge is 0.243 e. The molecule has 3 aliphatic rings. The van der Waals surface area contributed by atoms with E-state index in [-0.39, 0.29) is 16.7 Å². The van der Waals surface area contributed by atoms with Crippen LogP contribution in [0.4, 0.5) is 0 Å². The van der Waals surface area contributed by atoms with Crippen molar-refractivity contribution in [3.8, 4) is 0 Å². The van der Waals surface area contributed by atoms with Gasteiger partial charge in [-0.3, -0.25) is 4.79 Å². The average Bonchev–Trinajstić information content (AvgIpc) is 2.78. The van der Waals surface area contributed by atoms with Gasteiger partial charge in [0.25, 0.3) is 0 Å². The van der Waals surface area contributed by atoms with Gasteiger partial charge in [-0.25, -0.2) is 8.42 Å². The van der Waals surface area contributed by atoms with E-state index in [2.05, 4.69) is 10.2 Å². The van der Waals surface area contributed by atoms with Gasteiger partial charge in [-0.05, 0) is 81.8 Å². The standard InChI is InChI=1S/C22H32ClN3O3S/c23-19-6-8-20(9-7-19)30(28,29)26-14-10-17(11-15-26)22(27)24-16-18-4-3-13-25-12-2-1-5-21(18)25/h6-9,17-18,21H,1-5,10-16H2,(H,24,27). The highest BCUT2D eigenvalue weighted by Gasteiger charge is 2.35. The van der Waals surface area contributed by atoms with E-state index in [1.165, 1.54) is 61.6 Å². The number of fused-ring (bicyclic) bond motifs is 1. The van der Waals surface area contributed by atoms with Crippen molar-refractivity contribution in [1.82, 2.24) is 14.5 Å². The lowest BCUT2D eigenvalue weighted by molar-refractivity contribution is -0.126. The van der Waals surface area contributed by atoms with Crippen molar-refractivity contribution in [2.24, 2.45) is 11.8 Å². The number of sulfonamides is 1. The number of nitrogens with one attached hydrogen (secondary N) is 1. The Morgan fingerprint density at radius 1 is 0.967 bits per heavy atom. The molecule has 166 valence electrons. The number of amides is 1. The molecule has 3 heterocycles. The van der Waals surface area contributed by atoms with Gasteiger partial charge < -0.3 is 10.2 Å². The van der Waals surface area contributed by atoms with E-state index < -0.39 is 10.0 Å². The lowest BCUT2D eigenvalue weighted by Gasteiger charge is -2.44. The predicted octanol–water partition coefficient (Wildman–Crippen LogP) is 3.12. The van der Waals surface area contributed by atoms with Crippen molar-refractivity contribution in [1.29, 1.82) is 0 Å². The van der Waals surface area contributed by atoms with Gasteiger partial charge >= 0.3 is 0 Å². The summed E-state index contributed by atoms with van der Waals surface area (Å²) in [6.07, 6.45) is 7.40. The maximum absolute atomic E-state index is 12.8. The van der Waals surface area contributed by atoms with Gasteiger partial charge in [0.1, 0.15) is 0 Å². The van der Waals surface area contributed by atoms with E-state index in [0.717, 1.165) is 6.54 Å². The molecule has 1 aromatic carbocycles. The van der Waals surface area contributed by atoms with Crippen molar-refractivity contribution in [2.45, 2.75) is 55.9 Å². The molecule has 2 atom stereocenters. The summed E-state index contributed by atoms with van der Waals surface area (Å²) in [5.41, 5.74) is 0. The largest absolute Gasteiger partial charge is 0.356 e. The van der Waals surface area contributed by atoms with Gasteiger partial charge in [-0.15, -0.1) is 0 Å². The van der Waals surface area contributed by atoms with E-state index in [4.69, 9.17) is 11.6 Å². The van der Waals surface area contributed by atoms with Crippen LogP contribution in [0.15, 0.2) is 29.2 Å². The summed E-state index contributed by atoms with van der Waals surface area (Å²) in [6.45, 7) is 3.92. The third kappa shape index (κ3) is 4.85. The minimum atomic E-state index is -3.53. The SMILES string of the molecule is O=C(NCC1CCCN2CCCCC12)C1CCN(S(=O)(=O)c2ccc(Cl)cc2)CC1. The Labute approximate surface area is 185 Å². The fraction of sp³-hybridized carbons (Fsp3) is 0.682. The Morgan fingerprint density at radius 2 is 1.67 bits per heavy atom. The van der Waals surface area contributed by atoms with Crippen molar-refractivity contribution in [2.75, 3.05) is 32.7 Å². The molecule has 1 aromatic rings. The third-order valence-electron chi connectivity index (χ3n) is 7.04. The van der Waals surface area contributed by atoms with Crippen LogP contribution in [0.2, 0.25) is 5.02 Å². The summed E-state index contributed by atoms with van der Waals surface area (Å²) in [5, 5.41) is 3.71. The summed E-state index contributed by atoms with van der Waals surface area (Å²) in [5.74, 6) is 0.535. The van der Waals surface area contributed by atoms with Crippen LogP contribution in [-0.2, 0) is 14.8 Å². The van der Waals surface area contributed by atoms with Crippen molar-refractivity contribution in [3.05, 3.63) is 29.3 Å². The first kappa shape index (κ1) is 22.1. The molecule has 0 aliphatic carbocycles. The first-order chi connectivity index (χ1) is 14.4. The second-order valence-corrected chi connectivity index (χ2v) is 11.3. The number of halogens is 1. The minimum absolute atomic E-state index is 0.0893. The Bertz CT molecular complexity index is 836. The van der Waals surface area contributed by atoms with Crippen LogP contribution < -0.4 is 5.32 Å². The maximum atomic E-state index is 12.8. The molecule has 1 amide bonds. The second-order valence-electron chi connectivity index (χ2n) is 8.88. The van der Waals surface area contributed by atoms with Crippen LogP contribution in [0.5, 0.6) is 0 Å². The first-order valence-corrected chi connectivity index (χ1v) is 13.0. The second kappa shape index (κ2) is 9.55. The number of benzene rings is 1. The Balaban J connectivity index is 1.27. The van der Waals surface area contributed by atoms with Crippen molar-refractivity contribution >= 4 is 27.5 Å². The zero-order valence-electron chi connectivity index (χ0n) is 17.4. The molecule has 0 bridgehead atoms. The van der Waals surface area contributed by atoms with Crippen LogP contribution in [0.25, 0.3) is 0 Å². The number of hydrogen-bond donors (Lipinski definition) is 1. The number of nitrogens with zero attached hydrogens (tertiary/aromatic N) is 2. The van der Waals surface area contributed by atoms with Gasteiger partial charge in [-0.1, -0.05) is 18.0 Å². The lowest BCUT2D eigenvalue weighted by atomic mass is 9.83. The van der Waals surface area contributed by atoms with Crippen LogP contribution in [0, 0.1) is 11.8 Å². The fourth-order valence-electron chi connectivity index (χ4n) is 5.31. The lowest BCUT2D eigenvalue weighted by Crippen LogP contribution is -2.51. The van der Waals surface area contributed by atoms with Gasteiger partial charge in [0, 0.05) is 36.6 Å². The molecule has 6 nitrogen and oxygen atoms in total. The summed E-state index contributed by atoms with van der Waals surface area (Å²) in [7, 11) is -3.53. The highest BCUT2D eigenvalue weighted by atomic mass is 35.5. The third-order valence-corrected chi connectivity index (χ3v) is 9.21. The Kier molecular flexibility index (Phi) is 7.02. The highest BCUT2D eigenvalue weighted by Crippen LogP contribution is 2.31. The molecule has 3 saturated heterocycles. The monoisotopic (exact) mass is 453 g/mol. The van der Waals surface area contributed by atoms with Gasteiger partial charge in [0.15, 0.2) is 0 Å². The van der Waals surface area contributed by atoms with Crippen molar-refractivity contribution in [3.63, 3.8) is 0 Å². The summed E-state index contributed by atoms with van der Waals surface area (Å²) >= 11 is 5.87. The molecule has 4 rings (SSSR count). The van der Waals surface area contributed by atoms with Gasteiger partial charge in [0.2, 0.25) is 15.9 Å². The van der Waals surface area contributed by atoms with E-state index >= 15 is 0 Å². The van der Waals surface area contributed by atoms with E-state index in [1.807, 2.05) is 0 Å². The average molecular weight is 454 g/mol. The minimum Gasteiger partial charge on any atom is -0.356 e. The van der Waals surface area contributed by atoms with E-state index in [0.29, 0.717) is 42.9 Å². The summed E-state index contributed by atoms with van der Waals surface area (Å²) < 4.78 is 27.1. The number of hydrogen-bond acceptors (Lipinski definition) is 4. The molecule has 0 saturated carbocycles. The molecular weight excluding hydrogens is 422 g/mol. The zero-order valence-corrected chi connectivity index (χ0v) is 19.0. The molecule has 3 aliphatic heterocycles. The maximum Gasteiger partial charge on any atom is 0.243 e. The molecule has 30 heavy (non-hydrogen) atoms. The van der Waals surface area contributed by atoms with Gasteiger partial charge in [0.05, 0.1) is 4.90 Å². The number of rotatable bonds is 5. The van der Waals surface area contributed by atoms with Gasteiger partial charge in [-0.2, -0.15) is 4.31 Å². The number of carbonyl (C=O) groups is 1. The van der Waals surface area contributed by atoms with Crippen LogP contribution in [0.3, 0.4) is 0 Å². The van der Waals surface area contributed by atoms with E-state index in [1.54, 1.807) is 12.1 Å². The van der Waals surface area contributed by atoms with Crippen LogP contribution in [-0.4, -0.2) is 62.3 Å². The fourth-order valence-corrected chi connectivity index (χ4v) is 6.90. The molecule has 0 aromatic heterocycles. The zero-order chi connectivity index (χ0) is 21.1. The Hall–Kier alpha value is -1.15. The number of piperidine rings is 3. The topological polar surface area (TPSA) is 69.7 Å². The molecule has 1 N–H and O–H groups in total. The molecular formula is C22H32ClN3O3S. The van der Waals surface area contributed by atoms with E-state index in [9.17, 15) is 13.2 Å². The molecule has 0 spiro atoms. The van der Waals surface area contributed by atoms with Crippen LogP contribution in [0.1, 0.15) is 44.9 Å². The predicted molar refractivity (Wildman–Crippen MR) is 118 cm³/mol. The highest BCUT2D eigenvalue weighted by molar-refractivity contribution is 7.89. The number of carbonyl (C=O) groups excluding carboxylic acids is 1. The summed E-state index contributed by atoms with van der Waals surface area (Å²) in [4.78, 5) is 15.6. The van der Waals surface area contributed by atoms with Crippen LogP contribution >= 0.6 is 11.6 Å². The normalized spacial score (nSPS) is 26.8. The molecule has 8 heteroatoms. The first-order valence-electron chi connectivity index (χ1n) is 11.2. The molecule has 2 unspecified atom stereocenters. The van der Waals surface area contributed by atoms with Crippen molar-refractivity contribution < 1.29 is 13.2 Å².